The lowest BCUT2D eigenvalue weighted by Crippen LogP contribution is -2.44. The van der Waals surface area contributed by atoms with Crippen LogP contribution in [0.1, 0.15) is 23.4 Å². The number of carbonyl (C=O) groups is 1. The van der Waals surface area contributed by atoms with E-state index in [1.165, 1.54) is 12.0 Å². The second kappa shape index (κ2) is 5.82. The summed E-state index contributed by atoms with van der Waals surface area (Å²) in [6, 6.07) is 14.0. The average Bonchev–Trinajstić information content (AvgIpc) is 3.03. The third-order valence-electron chi connectivity index (χ3n) is 3.70. The summed E-state index contributed by atoms with van der Waals surface area (Å²) in [6.45, 7) is 1.93. The van der Waals surface area contributed by atoms with E-state index < -0.39 is 0 Å². The van der Waals surface area contributed by atoms with Crippen molar-refractivity contribution in [1.82, 2.24) is 5.32 Å². The molecule has 0 aliphatic carbocycles. The summed E-state index contributed by atoms with van der Waals surface area (Å²) >= 11 is 0. The summed E-state index contributed by atoms with van der Waals surface area (Å²) in [7, 11) is 0. The molecule has 1 aromatic carbocycles. The van der Waals surface area contributed by atoms with E-state index >= 15 is 0 Å². The molecule has 1 N–H and O–H groups in total. The minimum atomic E-state index is -0.117. The maximum Gasteiger partial charge on any atom is 0.287 e. The SMILES string of the molecule is O=C(NC1CCN(c2ccccc2)CC1)c1ccco1. The molecule has 0 saturated carbocycles. The molecule has 0 bridgehead atoms. The van der Waals surface area contributed by atoms with E-state index in [-0.39, 0.29) is 11.9 Å². The fraction of sp³-hybridized carbons (Fsp3) is 0.312. The molecule has 0 unspecified atom stereocenters. The van der Waals surface area contributed by atoms with Crippen LogP contribution in [0.4, 0.5) is 5.69 Å². The van der Waals surface area contributed by atoms with Crippen LogP contribution >= 0.6 is 0 Å². The first-order valence-electron chi connectivity index (χ1n) is 6.97. The molecule has 1 amide bonds. The van der Waals surface area contributed by atoms with E-state index in [9.17, 15) is 4.79 Å². The van der Waals surface area contributed by atoms with Crippen LogP contribution < -0.4 is 10.2 Å². The number of carbonyl (C=O) groups excluding carboxylic acids is 1. The molecule has 0 atom stereocenters. The Labute approximate surface area is 118 Å². The summed E-state index contributed by atoms with van der Waals surface area (Å²) in [4.78, 5) is 14.3. The highest BCUT2D eigenvalue weighted by Crippen LogP contribution is 2.19. The highest BCUT2D eigenvalue weighted by molar-refractivity contribution is 5.91. The molecule has 1 aliphatic rings. The van der Waals surface area contributed by atoms with E-state index in [0.717, 1.165) is 25.9 Å². The molecule has 1 aromatic heterocycles. The van der Waals surface area contributed by atoms with Crippen molar-refractivity contribution < 1.29 is 9.21 Å². The van der Waals surface area contributed by atoms with Gasteiger partial charge >= 0.3 is 0 Å². The standard InChI is InChI=1S/C16H18N2O2/c19-16(15-7-4-12-20-15)17-13-8-10-18(11-9-13)14-5-2-1-3-6-14/h1-7,12-13H,8-11H2,(H,17,19). The number of piperidine rings is 1. The van der Waals surface area contributed by atoms with Crippen LogP contribution in [0.3, 0.4) is 0 Å². The number of anilines is 1. The topological polar surface area (TPSA) is 45.5 Å². The predicted molar refractivity (Wildman–Crippen MR) is 77.9 cm³/mol. The Morgan fingerprint density at radius 2 is 1.85 bits per heavy atom. The van der Waals surface area contributed by atoms with Crippen LogP contribution in [0.25, 0.3) is 0 Å². The molecular formula is C16H18N2O2. The average molecular weight is 270 g/mol. The Morgan fingerprint density at radius 3 is 2.50 bits per heavy atom. The van der Waals surface area contributed by atoms with Crippen molar-refractivity contribution in [3.63, 3.8) is 0 Å². The van der Waals surface area contributed by atoms with Crippen LogP contribution in [-0.2, 0) is 0 Å². The zero-order chi connectivity index (χ0) is 13.8. The number of nitrogens with zero attached hydrogens (tertiary/aromatic N) is 1. The highest BCUT2D eigenvalue weighted by atomic mass is 16.3. The summed E-state index contributed by atoms with van der Waals surface area (Å²) < 4.78 is 5.10. The molecule has 1 saturated heterocycles. The normalized spacial score (nSPS) is 16.1. The minimum Gasteiger partial charge on any atom is -0.459 e. The third-order valence-corrected chi connectivity index (χ3v) is 3.70. The molecule has 2 heterocycles. The summed E-state index contributed by atoms with van der Waals surface area (Å²) in [5.74, 6) is 0.267. The predicted octanol–water partition coefficient (Wildman–Crippen LogP) is 2.68. The van der Waals surface area contributed by atoms with Gasteiger partial charge in [-0.05, 0) is 37.1 Å². The molecule has 0 spiro atoms. The highest BCUT2D eigenvalue weighted by Gasteiger charge is 2.21. The number of amides is 1. The van der Waals surface area contributed by atoms with E-state index in [4.69, 9.17) is 4.42 Å². The molecule has 1 aliphatic heterocycles. The van der Waals surface area contributed by atoms with Gasteiger partial charge in [0.05, 0.1) is 6.26 Å². The lowest BCUT2D eigenvalue weighted by atomic mass is 10.0. The first kappa shape index (κ1) is 12.8. The Hall–Kier alpha value is -2.23. The van der Waals surface area contributed by atoms with Crippen LogP contribution in [0.5, 0.6) is 0 Å². The maximum atomic E-state index is 11.9. The van der Waals surface area contributed by atoms with Gasteiger partial charge in [-0.1, -0.05) is 18.2 Å². The van der Waals surface area contributed by atoms with Gasteiger partial charge in [0.15, 0.2) is 5.76 Å². The molecule has 3 rings (SSSR count). The Morgan fingerprint density at radius 1 is 1.10 bits per heavy atom. The largest absolute Gasteiger partial charge is 0.459 e. The number of hydrogen-bond donors (Lipinski definition) is 1. The van der Waals surface area contributed by atoms with Gasteiger partial charge in [0, 0.05) is 24.8 Å². The number of para-hydroxylation sites is 1. The van der Waals surface area contributed by atoms with Gasteiger partial charge < -0.3 is 14.6 Å². The van der Waals surface area contributed by atoms with E-state index in [2.05, 4.69) is 34.5 Å². The number of furan rings is 1. The van der Waals surface area contributed by atoms with Gasteiger partial charge in [-0.15, -0.1) is 0 Å². The van der Waals surface area contributed by atoms with E-state index in [1.807, 2.05) is 6.07 Å². The Bertz CT molecular complexity index is 543. The quantitative estimate of drug-likeness (QED) is 0.932. The van der Waals surface area contributed by atoms with Crippen molar-refractivity contribution in [3.05, 3.63) is 54.5 Å². The van der Waals surface area contributed by atoms with Crippen molar-refractivity contribution in [2.45, 2.75) is 18.9 Å². The molecule has 2 aromatic rings. The van der Waals surface area contributed by atoms with Crippen molar-refractivity contribution in [2.75, 3.05) is 18.0 Å². The zero-order valence-electron chi connectivity index (χ0n) is 11.3. The first-order chi connectivity index (χ1) is 9.83. The van der Waals surface area contributed by atoms with Gasteiger partial charge in [-0.25, -0.2) is 0 Å². The van der Waals surface area contributed by atoms with Crippen LogP contribution in [0.2, 0.25) is 0 Å². The second-order valence-corrected chi connectivity index (χ2v) is 5.05. The second-order valence-electron chi connectivity index (χ2n) is 5.05. The fourth-order valence-corrected chi connectivity index (χ4v) is 2.59. The smallest absolute Gasteiger partial charge is 0.287 e. The summed E-state index contributed by atoms with van der Waals surface area (Å²) in [6.07, 6.45) is 3.44. The Balaban J connectivity index is 1.53. The van der Waals surface area contributed by atoms with Crippen molar-refractivity contribution >= 4 is 11.6 Å². The van der Waals surface area contributed by atoms with Crippen LogP contribution in [0.15, 0.2) is 53.1 Å². The fourth-order valence-electron chi connectivity index (χ4n) is 2.59. The number of rotatable bonds is 3. The number of benzene rings is 1. The first-order valence-corrected chi connectivity index (χ1v) is 6.97. The van der Waals surface area contributed by atoms with Gasteiger partial charge in [0.2, 0.25) is 0 Å². The summed E-state index contributed by atoms with van der Waals surface area (Å²) in [5.41, 5.74) is 1.25. The number of nitrogens with one attached hydrogen (secondary N) is 1. The molecule has 104 valence electrons. The molecule has 1 fully saturated rings. The van der Waals surface area contributed by atoms with Gasteiger partial charge in [0.25, 0.3) is 5.91 Å². The monoisotopic (exact) mass is 270 g/mol. The molecule has 4 heteroatoms. The Kier molecular flexibility index (Phi) is 3.72. The van der Waals surface area contributed by atoms with Crippen molar-refractivity contribution in [3.8, 4) is 0 Å². The lowest BCUT2D eigenvalue weighted by Gasteiger charge is -2.33. The molecule has 4 nitrogen and oxygen atoms in total. The van der Waals surface area contributed by atoms with Crippen molar-refractivity contribution in [1.29, 1.82) is 0 Å². The van der Waals surface area contributed by atoms with Crippen molar-refractivity contribution in [2.24, 2.45) is 0 Å². The van der Waals surface area contributed by atoms with Crippen LogP contribution in [-0.4, -0.2) is 25.0 Å². The molecular weight excluding hydrogens is 252 g/mol. The van der Waals surface area contributed by atoms with Gasteiger partial charge in [-0.3, -0.25) is 4.79 Å². The molecule has 20 heavy (non-hydrogen) atoms. The van der Waals surface area contributed by atoms with E-state index in [0.29, 0.717) is 5.76 Å². The van der Waals surface area contributed by atoms with E-state index in [1.54, 1.807) is 12.1 Å². The maximum absolute atomic E-state index is 11.9. The zero-order valence-corrected chi connectivity index (χ0v) is 11.3. The molecule has 0 radical (unpaired) electrons. The number of hydrogen-bond acceptors (Lipinski definition) is 3. The minimum absolute atomic E-state index is 0.117. The summed E-state index contributed by atoms with van der Waals surface area (Å²) in [5, 5.41) is 3.03. The third kappa shape index (κ3) is 2.85. The van der Waals surface area contributed by atoms with Crippen LogP contribution in [0, 0.1) is 0 Å². The van der Waals surface area contributed by atoms with Gasteiger partial charge in [-0.2, -0.15) is 0 Å². The van der Waals surface area contributed by atoms with Gasteiger partial charge in [0.1, 0.15) is 0 Å². The lowest BCUT2D eigenvalue weighted by molar-refractivity contribution is 0.0903.